The molecule has 0 radical (unpaired) electrons. The van der Waals surface area contributed by atoms with Crippen molar-refractivity contribution in [3.63, 3.8) is 0 Å². The second-order valence-corrected chi connectivity index (χ2v) is 4.90. The van der Waals surface area contributed by atoms with Crippen molar-refractivity contribution < 1.29 is 4.39 Å². The van der Waals surface area contributed by atoms with Crippen LogP contribution in [0.3, 0.4) is 0 Å². The van der Waals surface area contributed by atoms with Crippen molar-refractivity contribution in [2.75, 3.05) is 0 Å². The van der Waals surface area contributed by atoms with Crippen LogP contribution >= 0.6 is 9.24 Å². The maximum Gasteiger partial charge on any atom is 0.131 e. The Morgan fingerprint density at radius 3 is 2.77 bits per heavy atom. The smallest absolute Gasteiger partial charge is 0.131 e. The molecule has 2 aromatic heterocycles. The molecule has 116 valence electrons. The number of pyridine rings is 1. The molecule has 22 heavy (non-hydrogen) atoms. The summed E-state index contributed by atoms with van der Waals surface area (Å²) in [5.41, 5.74) is 1.43. The van der Waals surface area contributed by atoms with Crippen LogP contribution in [0.15, 0.2) is 67.0 Å². The first-order valence-corrected chi connectivity index (χ1v) is 7.40. The third-order valence-electron chi connectivity index (χ3n) is 2.64. The van der Waals surface area contributed by atoms with Crippen LogP contribution in [0.2, 0.25) is 0 Å². The van der Waals surface area contributed by atoms with Gasteiger partial charge in [-0.3, -0.25) is 4.98 Å². The molecule has 0 aliphatic heterocycles. The number of aromatic nitrogens is 4. The second-order valence-electron chi connectivity index (χ2n) is 4.16. The monoisotopic (exact) mass is 318 g/mol. The fraction of sp³-hybridized carbons (Fsp3) is 0.188. The summed E-state index contributed by atoms with van der Waals surface area (Å²) in [6.45, 7) is 8.26. The van der Waals surface area contributed by atoms with E-state index >= 15 is 0 Å². The predicted octanol–water partition coefficient (Wildman–Crippen LogP) is 4.16. The summed E-state index contributed by atoms with van der Waals surface area (Å²) in [6, 6.07) is 5.58. The quantitative estimate of drug-likeness (QED) is 0.472. The fourth-order valence-corrected chi connectivity index (χ4v) is 1.68. The molecule has 0 N–H and O–H groups in total. The molecule has 0 amide bonds. The highest BCUT2D eigenvalue weighted by atomic mass is 31.0. The lowest BCUT2D eigenvalue weighted by Crippen LogP contribution is -2.00. The van der Waals surface area contributed by atoms with E-state index in [0.717, 1.165) is 17.4 Å². The van der Waals surface area contributed by atoms with E-state index in [1.54, 1.807) is 12.4 Å². The topological polar surface area (TPSA) is 43.6 Å². The molecule has 4 nitrogen and oxygen atoms in total. The summed E-state index contributed by atoms with van der Waals surface area (Å²) >= 11 is 0. The highest BCUT2D eigenvalue weighted by Crippen LogP contribution is 2.14. The van der Waals surface area contributed by atoms with Gasteiger partial charge in [0.1, 0.15) is 11.5 Å². The van der Waals surface area contributed by atoms with Crippen molar-refractivity contribution in [3.8, 4) is 11.4 Å². The molecule has 1 unspecified atom stereocenters. The molecule has 0 saturated heterocycles. The van der Waals surface area contributed by atoms with Gasteiger partial charge in [0.05, 0.1) is 18.4 Å². The highest BCUT2D eigenvalue weighted by molar-refractivity contribution is 7.22. The summed E-state index contributed by atoms with van der Waals surface area (Å²) in [7, 11) is 2.51. The van der Waals surface area contributed by atoms with Crippen molar-refractivity contribution in [3.05, 3.63) is 67.0 Å². The Kier molecular flexibility index (Phi) is 7.94. The maximum absolute atomic E-state index is 13.5. The van der Waals surface area contributed by atoms with E-state index in [0.29, 0.717) is 5.69 Å². The molecule has 2 heterocycles. The van der Waals surface area contributed by atoms with E-state index in [1.807, 2.05) is 25.1 Å². The van der Waals surface area contributed by atoms with E-state index in [9.17, 15) is 4.39 Å². The minimum absolute atomic E-state index is 0.284. The van der Waals surface area contributed by atoms with Gasteiger partial charge in [0.25, 0.3) is 0 Å². The molecule has 0 aliphatic carbocycles. The normalized spacial score (nSPS) is 11.8. The standard InChI is InChI=1S/C14H16FN4P.C2H4/c1-2-12(20)9-11(15)6-8-19-17-10-14(18-19)13-5-3-4-7-16-13;1-2/h3-7,9-10H,2,8,20H2,1H3;1-2H2/b11-6+,12-9+;. The van der Waals surface area contributed by atoms with Gasteiger partial charge in [0.15, 0.2) is 0 Å². The van der Waals surface area contributed by atoms with Gasteiger partial charge < -0.3 is 0 Å². The lowest BCUT2D eigenvalue weighted by Gasteiger charge is -1.96. The van der Waals surface area contributed by atoms with Crippen molar-refractivity contribution in [2.24, 2.45) is 0 Å². The Morgan fingerprint density at radius 1 is 1.36 bits per heavy atom. The van der Waals surface area contributed by atoms with Crippen LogP contribution in [0.4, 0.5) is 4.39 Å². The summed E-state index contributed by atoms with van der Waals surface area (Å²) < 4.78 is 13.5. The summed E-state index contributed by atoms with van der Waals surface area (Å²) in [5.74, 6) is -0.284. The zero-order valence-corrected chi connectivity index (χ0v) is 13.8. The third-order valence-corrected chi connectivity index (χ3v) is 3.22. The summed E-state index contributed by atoms with van der Waals surface area (Å²) in [4.78, 5) is 5.63. The fourth-order valence-electron chi connectivity index (χ4n) is 1.52. The van der Waals surface area contributed by atoms with Gasteiger partial charge in [-0.05, 0) is 36.0 Å². The Morgan fingerprint density at radius 2 is 2.14 bits per heavy atom. The first-order chi connectivity index (χ1) is 10.7. The van der Waals surface area contributed by atoms with E-state index in [-0.39, 0.29) is 12.4 Å². The second kappa shape index (κ2) is 9.74. The first kappa shape index (κ1) is 17.9. The molecular weight excluding hydrogens is 298 g/mol. The molecule has 0 aliphatic rings. The average molecular weight is 318 g/mol. The Balaban J connectivity index is 0.00000116. The van der Waals surface area contributed by atoms with E-state index in [1.165, 1.54) is 16.9 Å². The van der Waals surface area contributed by atoms with E-state index < -0.39 is 0 Å². The van der Waals surface area contributed by atoms with Crippen molar-refractivity contribution in [1.82, 2.24) is 20.0 Å². The van der Waals surface area contributed by atoms with Crippen LogP contribution in [0.5, 0.6) is 0 Å². The van der Waals surface area contributed by atoms with Crippen LogP contribution < -0.4 is 0 Å². The molecule has 0 saturated carbocycles. The number of halogens is 1. The van der Waals surface area contributed by atoms with Crippen LogP contribution in [-0.2, 0) is 6.54 Å². The van der Waals surface area contributed by atoms with Gasteiger partial charge in [-0.2, -0.15) is 15.0 Å². The van der Waals surface area contributed by atoms with E-state index in [2.05, 4.69) is 37.6 Å². The van der Waals surface area contributed by atoms with Crippen molar-refractivity contribution in [1.29, 1.82) is 0 Å². The van der Waals surface area contributed by atoms with Gasteiger partial charge in [0, 0.05) is 6.20 Å². The van der Waals surface area contributed by atoms with Crippen molar-refractivity contribution in [2.45, 2.75) is 19.9 Å². The SMILES string of the molecule is C=C.CC/C(P)=C\C(F)=C/Cn1ncc(-c2ccccn2)n1. The largest absolute Gasteiger partial charge is 0.254 e. The average Bonchev–Trinajstić information content (AvgIpc) is 3.04. The Hall–Kier alpha value is -2.13. The van der Waals surface area contributed by atoms with Gasteiger partial charge in [-0.25, -0.2) is 4.39 Å². The molecule has 1 atom stereocenters. The molecule has 2 rings (SSSR count). The highest BCUT2D eigenvalue weighted by Gasteiger charge is 2.03. The molecule has 0 bridgehead atoms. The van der Waals surface area contributed by atoms with Crippen LogP contribution in [0.25, 0.3) is 11.4 Å². The van der Waals surface area contributed by atoms with Crippen LogP contribution in [0, 0.1) is 0 Å². The van der Waals surface area contributed by atoms with E-state index in [4.69, 9.17) is 0 Å². The minimum Gasteiger partial charge on any atom is -0.254 e. The van der Waals surface area contributed by atoms with Crippen LogP contribution in [-0.4, -0.2) is 20.0 Å². The maximum atomic E-state index is 13.5. The van der Waals surface area contributed by atoms with Gasteiger partial charge in [-0.15, -0.1) is 22.4 Å². The Bertz CT molecular complexity index is 635. The summed E-state index contributed by atoms with van der Waals surface area (Å²) in [6.07, 6.45) is 7.06. The van der Waals surface area contributed by atoms with Gasteiger partial charge in [-0.1, -0.05) is 13.0 Å². The van der Waals surface area contributed by atoms with Gasteiger partial charge >= 0.3 is 0 Å². The Labute approximate surface area is 132 Å². The zero-order chi connectivity index (χ0) is 16.4. The minimum atomic E-state index is -0.284. The van der Waals surface area contributed by atoms with Crippen molar-refractivity contribution >= 4 is 9.24 Å². The first-order valence-electron chi connectivity index (χ1n) is 6.82. The molecule has 0 spiro atoms. The van der Waals surface area contributed by atoms with Gasteiger partial charge in [0.2, 0.25) is 0 Å². The number of hydrogen-bond acceptors (Lipinski definition) is 3. The number of rotatable bonds is 5. The molecule has 6 heteroatoms. The molecular formula is C16H20FN4P. The molecule has 0 aromatic carbocycles. The summed E-state index contributed by atoms with van der Waals surface area (Å²) in [5, 5.41) is 9.27. The number of hydrogen-bond donors (Lipinski definition) is 0. The van der Waals surface area contributed by atoms with Crippen LogP contribution in [0.1, 0.15) is 13.3 Å². The third kappa shape index (κ3) is 5.70. The lowest BCUT2D eigenvalue weighted by molar-refractivity contribution is 0.583. The number of nitrogens with zero attached hydrogens (tertiary/aromatic N) is 4. The molecule has 2 aromatic rings. The number of allylic oxidation sites excluding steroid dienone is 4. The molecule has 0 fully saturated rings. The predicted molar refractivity (Wildman–Crippen MR) is 91.8 cm³/mol. The zero-order valence-electron chi connectivity index (χ0n) is 12.6. The lowest BCUT2D eigenvalue weighted by atomic mass is 10.3.